The Hall–Kier alpha value is -2.16. The maximum atomic E-state index is 10.6. The molecule has 0 atom stereocenters. The second kappa shape index (κ2) is 4.57. The second-order valence-electron chi connectivity index (χ2n) is 3.46. The molecule has 0 radical (unpaired) electrons. The van der Waals surface area contributed by atoms with Gasteiger partial charge < -0.3 is 4.90 Å². The van der Waals surface area contributed by atoms with E-state index in [0.29, 0.717) is 5.82 Å². The third-order valence-corrected chi connectivity index (χ3v) is 2.32. The summed E-state index contributed by atoms with van der Waals surface area (Å²) in [6.45, 7) is 0. The number of rotatable bonds is 3. The fourth-order valence-corrected chi connectivity index (χ4v) is 1.44. The van der Waals surface area contributed by atoms with Crippen LogP contribution in [0, 0.1) is 0 Å². The molecule has 1 heterocycles. The lowest BCUT2D eigenvalue weighted by molar-refractivity contribution is -0.107. The van der Waals surface area contributed by atoms with Crippen molar-refractivity contribution in [1.82, 2.24) is 4.98 Å². The Morgan fingerprint density at radius 3 is 2.50 bits per heavy atom. The lowest BCUT2D eigenvalue weighted by Gasteiger charge is -2.10. The number of pyridine rings is 1. The molecular weight excluding hydrogens is 200 g/mol. The first-order valence-corrected chi connectivity index (χ1v) is 5.02. The van der Waals surface area contributed by atoms with Crippen molar-refractivity contribution < 1.29 is 4.79 Å². The molecule has 80 valence electrons. The molecule has 1 aromatic heterocycles. The van der Waals surface area contributed by atoms with Crippen LogP contribution in [0.3, 0.4) is 0 Å². The van der Waals surface area contributed by atoms with Gasteiger partial charge in [0.15, 0.2) is 0 Å². The molecule has 3 nitrogen and oxygen atoms in total. The van der Waals surface area contributed by atoms with Crippen molar-refractivity contribution in [2.24, 2.45) is 0 Å². The summed E-state index contributed by atoms with van der Waals surface area (Å²) in [7, 11) is 1.68. The molecule has 1 amide bonds. The molecule has 1 aromatic carbocycles. The SMILES string of the molecule is CN(C=O)c1cccc(-c2ccccc2)n1. The molecular formula is C13H12N2O. The minimum atomic E-state index is 0.649. The molecule has 0 unspecified atom stereocenters. The second-order valence-corrected chi connectivity index (χ2v) is 3.46. The Balaban J connectivity index is 2.40. The summed E-state index contributed by atoms with van der Waals surface area (Å²) in [4.78, 5) is 16.5. The van der Waals surface area contributed by atoms with Crippen LogP contribution < -0.4 is 4.90 Å². The van der Waals surface area contributed by atoms with Gasteiger partial charge in [0.1, 0.15) is 5.82 Å². The summed E-state index contributed by atoms with van der Waals surface area (Å²) >= 11 is 0. The number of amides is 1. The first-order chi connectivity index (χ1) is 7.81. The van der Waals surface area contributed by atoms with Crippen molar-refractivity contribution in [3.63, 3.8) is 0 Å². The van der Waals surface area contributed by atoms with Gasteiger partial charge in [-0.25, -0.2) is 4.98 Å². The largest absolute Gasteiger partial charge is 0.303 e. The maximum absolute atomic E-state index is 10.6. The van der Waals surface area contributed by atoms with E-state index in [9.17, 15) is 4.79 Å². The standard InChI is InChI=1S/C13H12N2O/c1-15(10-16)13-9-5-8-12(14-13)11-6-3-2-4-7-11/h2-10H,1H3. The quantitative estimate of drug-likeness (QED) is 0.732. The highest BCUT2D eigenvalue weighted by Crippen LogP contribution is 2.19. The highest BCUT2D eigenvalue weighted by Gasteiger charge is 2.03. The summed E-state index contributed by atoms with van der Waals surface area (Å²) in [5.41, 5.74) is 1.91. The van der Waals surface area contributed by atoms with E-state index in [0.717, 1.165) is 17.7 Å². The molecule has 3 heteroatoms. The lowest BCUT2D eigenvalue weighted by Crippen LogP contribution is -2.15. The molecule has 0 bridgehead atoms. The Kier molecular flexibility index (Phi) is 2.96. The fraction of sp³-hybridized carbons (Fsp3) is 0.0769. The van der Waals surface area contributed by atoms with Crippen molar-refractivity contribution in [2.45, 2.75) is 0 Å². The Labute approximate surface area is 94.4 Å². The van der Waals surface area contributed by atoms with Crippen LogP contribution >= 0.6 is 0 Å². The van der Waals surface area contributed by atoms with E-state index in [1.54, 1.807) is 13.1 Å². The zero-order chi connectivity index (χ0) is 11.4. The molecule has 0 saturated heterocycles. The molecule has 0 spiro atoms. The Morgan fingerprint density at radius 2 is 1.81 bits per heavy atom. The smallest absolute Gasteiger partial charge is 0.215 e. The predicted octanol–water partition coefficient (Wildman–Crippen LogP) is 2.34. The van der Waals surface area contributed by atoms with Crippen molar-refractivity contribution in [3.05, 3.63) is 48.5 Å². The number of anilines is 1. The molecule has 0 saturated carbocycles. The molecule has 16 heavy (non-hydrogen) atoms. The van der Waals surface area contributed by atoms with E-state index >= 15 is 0 Å². The zero-order valence-electron chi connectivity index (χ0n) is 9.00. The van der Waals surface area contributed by atoms with Gasteiger partial charge in [-0.15, -0.1) is 0 Å². The van der Waals surface area contributed by atoms with Crippen LogP contribution in [-0.4, -0.2) is 18.4 Å². The highest BCUT2D eigenvalue weighted by molar-refractivity contribution is 5.73. The van der Waals surface area contributed by atoms with E-state index in [1.807, 2.05) is 42.5 Å². The summed E-state index contributed by atoms with van der Waals surface area (Å²) < 4.78 is 0. The summed E-state index contributed by atoms with van der Waals surface area (Å²) in [6, 6.07) is 15.5. The number of aromatic nitrogens is 1. The van der Waals surface area contributed by atoms with Gasteiger partial charge in [-0.3, -0.25) is 4.79 Å². The number of nitrogens with zero attached hydrogens (tertiary/aromatic N) is 2. The zero-order valence-corrected chi connectivity index (χ0v) is 9.00. The Bertz CT molecular complexity index is 482. The van der Waals surface area contributed by atoms with Crippen molar-refractivity contribution in [3.8, 4) is 11.3 Å². The minimum Gasteiger partial charge on any atom is -0.303 e. The van der Waals surface area contributed by atoms with Crippen LogP contribution in [0.1, 0.15) is 0 Å². The van der Waals surface area contributed by atoms with Gasteiger partial charge >= 0.3 is 0 Å². The molecule has 0 aliphatic rings. The normalized spacial score (nSPS) is 9.81. The van der Waals surface area contributed by atoms with Crippen LogP contribution in [0.15, 0.2) is 48.5 Å². The van der Waals surface area contributed by atoms with Crippen LogP contribution in [-0.2, 0) is 4.79 Å². The average molecular weight is 212 g/mol. The van der Waals surface area contributed by atoms with Gasteiger partial charge in [0.05, 0.1) is 5.69 Å². The summed E-state index contributed by atoms with van der Waals surface area (Å²) in [5, 5.41) is 0. The van der Waals surface area contributed by atoms with E-state index in [1.165, 1.54) is 4.90 Å². The van der Waals surface area contributed by atoms with Crippen LogP contribution in [0.4, 0.5) is 5.82 Å². The Morgan fingerprint density at radius 1 is 1.06 bits per heavy atom. The highest BCUT2D eigenvalue weighted by atomic mass is 16.1. The first-order valence-electron chi connectivity index (χ1n) is 5.02. The summed E-state index contributed by atoms with van der Waals surface area (Å²) in [6.07, 6.45) is 0.747. The van der Waals surface area contributed by atoms with E-state index in [4.69, 9.17) is 0 Å². The van der Waals surface area contributed by atoms with E-state index in [-0.39, 0.29) is 0 Å². The topological polar surface area (TPSA) is 33.2 Å². The van der Waals surface area contributed by atoms with Gasteiger partial charge in [0.2, 0.25) is 6.41 Å². The summed E-state index contributed by atoms with van der Waals surface area (Å²) in [5.74, 6) is 0.649. The third-order valence-electron chi connectivity index (χ3n) is 2.32. The number of benzene rings is 1. The van der Waals surface area contributed by atoms with Crippen LogP contribution in [0.25, 0.3) is 11.3 Å². The molecule has 0 N–H and O–H groups in total. The molecule has 2 rings (SSSR count). The van der Waals surface area contributed by atoms with Gasteiger partial charge in [0.25, 0.3) is 0 Å². The first kappa shape index (κ1) is 10.4. The van der Waals surface area contributed by atoms with Crippen molar-refractivity contribution in [1.29, 1.82) is 0 Å². The lowest BCUT2D eigenvalue weighted by atomic mass is 10.1. The van der Waals surface area contributed by atoms with E-state index < -0.39 is 0 Å². The minimum absolute atomic E-state index is 0.649. The molecule has 0 aliphatic heterocycles. The van der Waals surface area contributed by atoms with Gasteiger partial charge in [-0.1, -0.05) is 36.4 Å². The predicted molar refractivity (Wildman–Crippen MR) is 64.1 cm³/mol. The van der Waals surface area contributed by atoms with Gasteiger partial charge in [0, 0.05) is 12.6 Å². The van der Waals surface area contributed by atoms with Crippen LogP contribution in [0.5, 0.6) is 0 Å². The van der Waals surface area contributed by atoms with Crippen LogP contribution in [0.2, 0.25) is 0 Å². The van der Waals surface area contributed by atoms with Crippen molar-refractivity contribution >= 4 is 12.2 Å². The van der Waals surface area contributed by atoms with Gasteiger partial charge in [-0.2, -0.15) is 0 Å². The number of hydrogen-bond donors (Lipinski definition) is 0. The van der Waals surface area contributed by atoms with Crippen molar-refractivity contribution in [2.75, 3.05) is 11.9 Å². The molecule has 0 fully saturated rings. The maximum Gasteiger partial charge on any atom is 0.215 e. The number of hydrogen-bond acceptors (Lipinski definition) is 2. The van der Waals surface area contributed by atoms with Gasteiger partial charge in [-0.05, 0) is 12.1 Å². The molecule has 0 aliphatic carbocycles. The fourth-order valence-electron chi connectivity index (χ4n) is 1.44. The van der Waals surface area contributed by atoms with E-state index in [2.05, 4.69) is 4.98 Å². The monoisotopic (exact) mass is 212 g/mol. The molecule has 2 aromatic rings. The third kappa shape index (κ3) is 2.08. The number of carbonyl (C=O) groups excluding carboxylic acids is 1. The number of carbonyl (C=O) groups is 1. The average Bonchev–Trinajstić information content (AvgIpc) is 2.39.